The predicted molar refractivity (Wildman–Crippen MR) is 64.8 cm³/mol. The van der Waals surface area contributed by atoms with Crippen molar-refractivity contribution in [3.8, 4) is 0 Å². The molecule has 2 rings (SSSR count). The van der Waals surface area contributed by atoms with E-state index in [2.05, 4.69) is 10.3 Å². The highest BCUT2D eigenvalue weighted by Gasteiger charge is 2.28. The van der Waals surface area contributed by atoms with Gasteiger partial charge in [0.1, 0.15) is 5.69 Å². The predicted octanol–water partition coefficient (Wildman–Crippen LogP) is 1.15. The average Bonchev–Trinajstić information content (AvgIpc) is 3.21. The lowest BCUT2D eigenvalue weighted by atomic mass is 10.2. The largest absolute Gasteiger partial charge is 0.451 e. The first kappa shape index (κ1) is 12.5. The zero-order valence-corrected chi connectivity index (χ0v) is 10.3. The molecule has 1 aliphatic carbocycles. The van der Waals surface area contributed by atoms with Gasteiger partial charge in [-0.25, -0.2) is 9.78 Å². The third-order valence-electron chi connectivity index (χ3n) is 2.93. The van der Waals surface area contributed by atoms with Gasteiger partial charge in [0, 0.05) is 12.2 Å². The summed E-state index contributed by atoms with van der Waals surface area (Å²) in [6.07, 6.45) is 3.83. The van der Waals surface area contributed by atoms with E-state index in [1.165, 1.54) is 6.20 Å². The molecule has 1 aromatic rings. The lowest BCUT2D eigenvalue weighted by molar-refractivity contribution is -0.125. The van der Waals surface area contributed by atoms with Gasteiger partial charge < -0.3 is 10.1 Å². The number of hydrogen-bond acceptors (Lipinski definition) is 4. The van der Waals surface area contributed by atoms with E-state index < -0.39 is 5.97 Å². The molecule has 0 bridgehead atoms. The molecule has 1 N–H and O–H groups in total. The highest BCUT2D eigenvalue weighted by molar-refractivity contribution is 5.89. The quantitative estimate of drug-likeness (QED) is 0.794. The molecule has 96 valence electrons. The number of hydrogen-bond donors (Lipinski definition) is 1. The molecule has 0 aliphatic heterocycles. The van der Waals surface area contributed by atoms with Crippen molar-refractivity contribution in [3.05, 3.63) is 30.1 Å². The van der Waals surface area contributed by atoms with Crippen LogP contribution in [0.2, 0.25) is 0 Å². The van der Waals surface area contributed by atoms with Gasteiger partial charge >= 0.3 is 5.97 Å². The number of esters is 1. The Morgan fingerprint density at radius 2 is 2.28 bits per heavy atom. The van der Waals surface area contributed by atoms with Gasteiger partial charge in [0.15, 0.2) is 6.61 Å². The zero-order valence-electron chi connectivity index (χ0n) is 10.3. The van der Waals surface area contributed by atoms with Gasteiger partial charge in [-0.15, -0.1) is 0 Å². The van der Waals surface area contributed by atoms with E-state index in [4.69, 9.17) is 4.74 Å². The van der Waals surface area contributed by atoms with Gasteiger partial charge in [0.05, 0.1) is 0 Å². The summed E-state index contributed by atoms with van der Waals surface area (Å²) in [6, 6.07) is 5.11. The third kappa shape index (κ3) is 3.55. The summed E-state index contributed by atoms with van der Waals surface area (Å²) in [5.74, 6) is -0.260. The topological polar surface area (TPSA) is 68.3 Å². The van der Waals surface area contributed by atoms with E-state index in [-0.39, 0.29) is 24.2 Å². The molecule has 1 amide bonds. The second kappa shape index (κ2) is 5.62. The molecule has 1 aromatic heterocycles. The highest BCUT2D eigenvalue weighted by Crippen LogP contribution is 2.32. The molecule has 0 unspecified atom stereocenters. The van der Waals surface area contributed by atoms with Crippen LogP contribution in [-0.4, -0.2) is 29.5 Å². The summed E-state index contributed by atoms with van der Waals surface area (Å²) < 4.78 is 4.88. The maximum atomic E-state index is 11.5. The molecule has 5 heteroatoms. The summed E-state index contributed by atoms with van der Waals surface area (Å²) in [4.78, 5) is 26.9. The second-order valence-electron chi connectivity index (χ2n) is 4.48. The summed E-state index contributed by atoms with van der Waals surface area (Å²) in [5, 5.41) is 2.81. The number of carbonyl (C=O) groups is 2. The van der Waals surface area contributed by atoms with Crippen LogP contribution in [0.3, 0.4) is 0 Å². The average molecular weight is 248 g/mol. The fourth-order valence-electron chi connectivity index (χ4n) is 1.70. The second-order valence-corrected chi connectivity index (χ2v) is 4.48. The SMILES string of the molecule is C[C@H](NC(=O)COC(=O)c1ccccn1)C1CC1. The summed E-state index contributed by atoms with van der Waals surface area (Å²) in [7, 11) is 0. The Morgan fingerprint density at radius 3 is 2.89 bits per heavy atom. The van der Waals surface area contributed by atoms with Crippen LogP contribution in [-0.2, 0) is 9.53 Å². The molecular formula is C13H16N2O3. The number of pyridine rings is 1. The lowest BCUT2D eigenvalue weighted by Gasteiger charge is -2.12. The fraction of sp³-hybridized carbons (Fsp3) is 0.462. The van der Waals surface area contributed by atoms with Crippen molar-refractivity contribution in [2.24, 2.45) is 5.92 Å². The van der Waals surface area contributed by atoms with Crippen molar-refractivity contribution in [2.45, 2.75) is 25.8 Å². The van der Waals surface area contributed by atoms with Crippen molar-refractivity contribution < 1.29 is 14.3 Å². The number of nitrogens with one attached hydrogen (secondary N) is 1. The van der Waals surface area contributed by atoms with Gasteiger partial charge in [0.2, 0.25) is 0 Å². The smallest absolute Gasteiger partial charge is 0.357 e. The summed E-state index contributed by atoms with van der Waals surface area (Å²) >= 11 is 0. The number of aromatic nitrogens is 1. The van der Waals surface area contributed by atoms with Gasteiger partial charge in [-0.05, 0) is 37.8 Å². The molecule has 0 spiro atoms. The number of carbonyl (C=O) groups excluding carboxylic acids is 2. The van der Waals surface area contributed by atoms with Crippen LogP contribution in [0.5, 0.6) is 0 Å². The minimum absolute atomic E-state index is 0.158. The monoisotopic (exact) mass is 248 g/mol. The van der Waals surface area contributed by atoms with Crippen LogP contribution < -0.4 is 5.32 Å². The van der Waals surface area contributed by atoms with Crippen molar-refractivity contribution in [3.63, 3.8) is 0 Å². The molecule has 1 aliphatic rings. The molecule has 0 radical (unpaired) electrons. The molecule has 18 heavy (non-hydrogen) atoms. The molecule has 0 saturated heterocycles. The Labute approximate surface area is 106 Å². The molecule has 1 saturated carbocycles. The number of rotatable bonds is 5. The molecule has 0 aromatic carbocycles. The van der Waals surface area contributed by atoms with Crippen LogP contribution in [0.15, 0.2) is 24.4 Å². The van der Waals surface area contributed by atoms with E-state index in [0.29, 0.717) is 5.92 Å². The van der Waals surface area contributed by atoms with Gasteiger partial charge in [0.25, 0.3) is 5.91 Å². The minimum Gasteiger partial charge on any atom is -0.451 e. The third-order valence-corrected chi connectivity index (χ3v) is 2.93. The Hall–Kier alpha value is -1.91. The van der Waals surface area contributed by atoms with Crippen LogP contribution in [0, 0.1) is 5.92 Å². The normalized spacial score (nSPS) is 15.8. The van der Waals surface area contributed by atoms with Crippen molar-refractivity contribution in [1.29, 1.82) is 0 Å². The number of ether oxygens (including phenoxy) is 1. The van der Waals surface area contributed by atoms with Crippen molar-refractivity contribution in [1.82, 2.24) is 10.3 Å². The van der Waals surface area contributed by atoms with E-state index in [1.54, 1.807) is 18.2 Å². The first-order valence-corrected chi connectivity index (χ1v) is 6.04. The fourth-order valence-corrected chi connectivity index (χ4v) is 1.70. The van der Waals surface area contributed by atoms with E-state index >= 15 is 0 Å². The number of nitrogens with zero attached hydrogens (tertiary/aromatic N) is 1. The van der Waals surface area contributed by atoms with Gasteiger partial charge in [-0.3, -0.25) is 4.79 Å². The van der Waals surface area contributed by atoms with E-state index in [9.17, 15) is 9.59 Å². The zero-order chi connectivity index (χ0) is 13.0. The summed E-state index contributed by atoms with van der Waals surface area (Å²) in [5.41, 5.74) is 0.209. The first-order chi connectivity index (χ1) is 8.66. The maximum Gasteiger partial charge on any atom is 0.357 e. The molecule has 1 heterocycles. The van der Waals surface area contributed by atoms with Gasteiger partial charge in [-0.1, -0.05) is 6.07 Å². The lowest BCUT2D eigenvalue weighted by Crippen LogP contribution is -2.37. The standard InChI is InChI=1S/C13H16N2O3/c1-9(10-5-6-10)15-12(16)8-18-13(17)11-4-2-3-7-14-11/h2-4,7,9-10H,5-6,8H2,1H3,(H,15,16)/t9-/m0/s1. The van der Waals surface area contributed by atoms with Crippen molar-refractivity contribution >= 4 is 11.9 Å². The molecule has 5 nitrogen and oxygen atoms in total. The Balaban J connectivity index is 1.74. The Morgan fingerprint density at radius 1 is 1.50 bits per heavy atom. The maximum absolute atomic E-state index is 11.5. The molecule has 1 fully saturated rings. The Bertz CT molecular complexity index is 429. The number of amides is 1. The van der Waals surface area contributed by atoms with Crippen LogP contribution in [0.25, 0.3) is 0 Å². The minimum atomic E-state index is -0.579. The summed E-state index contributed by atoms with van der Waals surface area (Å²) in [6.45, 7) is 1.71. The molecule has 1 atom stereocenters. The van der Waals surface area contributed by atoms with E-state index in [1.807, 2.05) is 6.92 Å². The van der Waals surface area contributed by atoms with Gasteiger partial charge in [-0.2, -0.15) is 0 Å². The molecular weight excluding hydrogens is 232 g/mol. The van der Waals surface area contributed by atoms with Crippen LogP contribution in [0.1, 0.15) is 30.3 Å². The van der Waals surface area contributed by atoms with E-state index in [0.717, 1.165) is 12.8 Å². The first-order valence-electron chi connectivity index (χ1n) is 6.04. The van der Waals surface area contributed by atoms with Crippen LogP contribution >= 0.6 is 0 Å². The van der Waals surface area contributed by atoms with Crippen molar-refractivity contribution in [2.75, 3.05) is 6.61 Å². The highest BCUT2D eigenvalue weighted by atomic mass is 16.5. The Kier molecular flexibility index (Phi) is 3.92. The van der Waals surface area contributed by atoms with Crippen LogP contribution in [0.4, 0.5) is 0 Å².